The van der Waals surface area contributed by atoms with Crippen molar-refractivity contribution in [3.05, 3.63) is 76.3 Å². The lowest BCUT2D eigenvalue weighted by Gasteiger charge is -2.31. The summed E-state index contributed by atoms with van der Waals surface area (Å²) in [6.07, 6.45) is 5.69. The number of sulfonamides is 2. The monoisotopic (exact) mass is 650 g/mol. The van der Waals surface area contributed by atoms with Gasteiger partial charge >= 0.3 is 0 Å². The zero-order chi connectivity index (χ0) is 29.9. The van der Waals surface area contributed by atoms with Crippen molar-refractivity contribution in [2.75, 3.05) is 41.1 Å². The molecule has 0 spiro atoms. The maximum absolute atomic E-state index is 13.5. The van der Waals surface area contributed by atoms with Gasteiger partial charge in [0.25, 0.3) is 15.9 Å². The molecule has 0 aliphatic carbocycles. The first kappa shape index (κ1) is 30.6. The molecule has 13 heteroatoms. The van der Waals surface area contributed by atoms with Gasteiger partial charge in [-0.25, -0.2) is 16.8 Å². The summed E-state index contributed by atoms with van der Waals surface area (Å²) in [6.45, 7) is 2.48. The third kappa shape index (κ3) is 6.86. The topological polar surface area (TPSA) is 116 Å². The first-order chi connectivity index (χ1) is 20.0. The minimum atomic E-state index is -4.15. The molecular formula is C29H32Cl2N4O5S2. The molecule has 224 valence electrons. The molecule has 2 aliphatic heterocycles. The fourth-order valence-electron chi connectivity index (χ4n) is 5.21. The third-order valence-electron chi connectivity index (χ3n) is 7.45. The molecule has 2 aliphatic rings. The van der Waals surface area contributed by atoms with E-state index in [9.17, 15) is 21.6 Å². The van der Waals surface area contributed by atoms with Gasteiger partial charge in [0.15, 0.2) is 0 Å². The summed E-state index contributed by atoms with van der Waals surface area (Å²) < 4.78 is 57.2. The number of anilines is 3. The molecule has 42 heavy (non-hydrogen) atoms. The molecule has 0 aromatic heterocycles. The Morgan fingerprint density at radius 3 is 2.05 bits per heavy atom. The summed E-state index contributed by atoms with van der Waals surface area (Å²) in [7, 11) is -7.89. The quantitative estimate of drug-likeness (QED) is 0.299. The summed E-state index contributed by atoms with van der Waals surface area (Å²) in [4.78, 5) is 15.5. The minimum Gasteiger partial charge on any atom is -0.370 e. The lowest BCUT2D eigenvalue weighted by atomic mass is 10.1. The van der Waals surface area contributed by atoms with Crippen LogP contribution in [0.15, 0.2) is 70.5 Å². The summed E-state index contributed by atoms with van der Waals surface area (Å²) in [6, 6.07) is 14.9. The predicted molar refractivity (Wildman–Crippen MR) is 167 cm³/mol. The smallest absolute Gasteiger partial charge is 0.263 e. The van der Waals surface area contributed by atoms with Crippen molar-refractivity contribution in [1.82, 2.24) is 4.31 Å². The van der Waals surface area contributed by atoms with Gasteiger partial charge in [-0.15, -0.1) is 0 Å². The number of piperidine rings is 2. The van der Waals surface area contributed by atoms with Gasteiger partial charge in [-0.3, -0.25) is 9.52 Å². The molecule has 0 bridgehead atoms. The molecule has 9 nitrogen and oxygen atoms in total. The van der Waals surface area contributed by atoms with E-state index in [-0.39, 0.29) is 26.1 Å². The highest BCUT2D eigenvalue weighted by atomic mass is 35.5. The maximum Gasteiger partial charge on any atom is 0.263 e. The fraction of sp³-hybridized carbons (Fsp3) is 0.345. The Kier molecular flexibility index (Phi) is 9.34. The van der Waals surface area contributed by atoms with Crippen LogP contribution in [0.25, 0.3) is 0 Å². The molecule has 2 fully saturated rings. The van der Waals surface area contributed by atoms with Crippen molar-refractivity contribution in [2.45, 2.75) is 48.3 Å². The number of benzene rings is 3. The molecule has 2 heterocycles. The van der Waals surface area contributed by atoms with Gasteiger partial charge in [-0.05, 0) is 92.8 Å². The van der Waals surface area contributed by atoms with E-state index in [2.05, 4.69) is 14.9 Å². The van der Waals surface area contributed by atoms with Crippen molar-refractivity contribution in [2.24, 2.45) is 0 Å². The number of nitrogens with one attached hydrogen (secondary N) is 2. The van der Waals surface area contributed by atoms with Crippen molar-refractivity contribution in [3.63, 3.8) is 0 Å². The molecule has 5 rings (SSSR count). The molecule has 3 aromatic carbocycles. The van der Waals surface area contributed by atoms with E-state index in [1.165, 1.54) is 40.7 Å². The number of halogens is 2. The summed E-state index contributed by atoms with van der Waals surface area (Å²) in [5, 5.41) is 3.25. The van der Waals surface area contributed by atoms with E-state index in [1.54, 1.807) is 24.3 Å². The van der Waals surface area contributed by atoms with Crippen LogP contribution in [0.2, 0.25) is 10.0 Å². The van der Waals surface area contributed by atoms with E-state index in [1.807, 2.05) is 0 Å². The molecule has 0 unspecified atom stereocenters. The van der Waals surface area contributed by atoms with Crippen LogP contribution in [0.1, 0.15) is 48.9 Å². The van der Waals surface area contributed by atoms with Gasteiger partial charge < -0.3 is 10.2 Å². The maximum atomic E-state index is 13.5. The Morgan fingerprint density at radius 1 is 0.738 bits per heavy atom. The molecule has 2 N–H and O–H groups in total. The second-order valence-electron chi connectivity index (χ2n) is 10.4. The second-order valence-corrected chi connectivity index (χ2v) is 14.8. The van der Waals surface area contributed by atoms with Crippen molar-refractivity contribution >= 4 is 66.2 Å². The molecule has 0 radical (unpaired) electrons. The first-order valence-electron chi connectivity index (χ1n) is 13.8. The number of nitrogens with zero attached hydrogens (tertiary/aromatic N) is 2. The van der Waals surface area contributed by atoms with Crippen molar-refractivity contribution in [1.29, 1.82) is 0 Å². The number of amides is 1. The van der Waals surface area contributed by atoms with E-state index in [4.69, 9.17) is 23.2 Å². The van der Waals surface area contributed by atoms with Crippen LogP contribution in [0.5, 0.6) is 0 Å². The Hall–Kier alpha value is -2.83. The molecule has 2 saturated heterocycles. The van der Waals surface area contributed by atoms with Gasteiger partial charge in [0.05, 0.1) is 21.3 Å². The lowest BCUT2D eigenvalue weighted by Crippen LogP contribution is -2.35. The normalized spacial score (nSPS) is 16.7. The summed E-state index contributed by atoms with van der Waals surface area (Å²) in [5.41, 5.74) is 1.39. The predicted octanol–water partition coefficient (Wildman–Crippen LogP) is 6.21. The van der Waals surface area contributed by atoms with Gasteiger partial charge in [-0.1, -0.05) is 29.6 Å². The Balaban J connectivity index is 1.46. The van der Waals surface area contributed by atoms with E-state index < -0.39 is 26.0 Å². The van der Waals surface area contributed by atoms with Gasteiger partial charge in [0, 0.05) is 42.5 Å². The fourth-order valence-corrected chi connectivity index (χ4v) is 8.47. The number of carbonyl (C=O) groups is 1. The summed E-state index contributed by atoms with van der Waals surface area (Å²) in [5.74, 6) is -0.597. The Morgan fingerprint density at radius 2 is 1.38 bits per heavy atom. The Labute approximate surface area is 256 Å². The number of hydrogen-bond acceptors (Lipinski definition) is 6. The van der Waals surface area contributed by atoms with Crippen molar-refractivity contribution < 1.29 is 21.6 Å². The second kappa shape index (κ2) is 12.8. The van der Waals surface area contributed by atoms with E-state index in [0.29, 0.717) is 29.5 Å². The molecule has 0 atom stereocenters. The zero-order valence-corrected chi connectivity index (χ0v) is 26.0. The molecule has 1 amide bonds. The van der Waals surface area contributed by atoms with Gasteiger partial charge in [-0.2, -0.15) is 4.31 Å². The SMILES string of the molecule is O=C(Nc1cc(S(=O)(=O)N2CCCCC2)ccc1N1CCCCC1)c1ccc(Cl)c(S(=O)(=O)Nc2ccc(Cl)cc2)c1. The largest absolute Gasteiger partial charge is 0.370 e. The van der Waals surface area contributed by atoms with Crippen LogP contribution in [-0.4, -0.2) is 53.2 Å². The molecular weight excluding hydrogens is 619 g/mol. The number of carbonyl (C=O) groups excluding carboxylic acids is 1. The lowest BCUT2D eigenvalue weighted by molar-refractivity contribution is 0.102. The summed E-state index contributed by atoms with van der Waals surface area (Å²) >= 11 is 12.2. The average molecular weight is 652 g/mol. The van der Waals surface area contributed by atoms with E-state index >= 15 is 0 Å². The number of hydrogen-bond donors (Lipinski definition) is 2. The standard InChI is InChI=1S/C29H32Cl2N4O5S2/c30-22-8-10-23(11-9-22)33-41(37,38)28-19-21(7-13-25(28)31)29(36)32-26-20-24(42(39,40)35-17-5-2-6-18-35)12-14-27(26)34-15-3-1-4-16-34/h7-14,19-20,33H,1-6,15-18H2,(H,32,36). The van der Waals surface area contributed by atoms with Crippen molar-refractivity contribution in [3.8, 4) is 0 Å². The van der Waals surface area contributed by atoms with Gasteiger partial charge in [0.2, 0.25) is 10.0 Å². The van der Waals surface area contributed by atoms with Crippen LogP contribution in [0, 0.1) is 0 Å². The molecule has 3 aromatic rings. The third-order valence-corrected chi connectivity index (χ3v) is 11.5. The highest BCUT2D eigenvalue weighted by molar-refractivity contribution is 7.92. The highest BCUT2D eigenvalue weighted by Gasteiger charge is 2.28. The Bertz CT molecular complexity index is 1670. The van der Waals surface area contributed by atoms with E-state index in [0.717, 1.165) is 51.6 Å². The van der Waals surface area contributed by atoms with Crippen LogP contribution in [-0.2, 0) is 20.0 Å². The zero-order valence-electron chi connectivity index (χ0n) is 22.9. The van der Waals surface area contributed by atoms with Crippen LogP contribution < -0.4 is 14.9 Å². The average Bonchev–Trinajstić information content (AvgIpc) is 2.99. The van der Waals surface area contributed by atoms with Crippen LogP contribution in [0.3, 0.4) is 0 Å². The molecule has 0 saturated carbocycles. The highest BCUT2D eigenvalue weighted by Crippen LogP contribution is 2.34. The van der Waals surface area contributed by atoms with Crippen LogP contribution >= 0.6 is 23.2 Å². The van der Waals surface area contributed by atoms with Gasteiger partial charge in [0.1, 0.15) is 4.90 Å². The van der Waals surface area contributed by atoms with Crippen LogP contribution in [0.4, 0.5) is 17.1 Å². The first-order valence-corrected chi connectivity index (χ1v) is 17.5. The minimum absolute atomic E-state index is 0.0461. The number of rotatable bonds is 8.